The van der Waals surface area contributed by atoms with Crippen molar-refractivity contribution in [3.05, 3.63) is 28.8 Å². The standard InChI is InChI=1S/C13H21ClN4O/c1-17(2)7-4-8-18(3)12-6-5-10(14)9-11(12)13(15)16-19/h5-6,9,19H,4,7-8H2,1-3H3,(H2,15,16). The van der Waals surface area contributed by atoms with Gasteiger partial charge in [0.05, 0.1) is 0 Å². The Morgan fingerprint density at radius 3 is 2.58 bits per heavy atom. The van der Waals surface area contributed by atoms with Crippen LogP contribution >= 0.6 is 11.6 Å². The predicted molar refractivity (Wildman–Crippen MR) is 80.4 cm³/mol. The van der Waals surface area contributed by atoms with Crippen molar-refractivity contribution in [2.45, 2.75) is 6.42 Å². The van der Waals surface area contributed by atoms with Crippen LogP contribution in [0.25, 0.3) is 0 Å². The van der Waals surface area contributed by atoms with Crippen molar-refractivity contribution in [1.82, 2.24) is 4.90 Å². The van der Waals surface area contributed by atoms with E-state index in [1.54, 1.807) is 12.1 Å². The van der Waals surface area contributed by atoms with Crippen LogP contribution in [0, 0.1) is 0 Å². The summed E-state index contributed by atoms with van der Waals surface area (Å²) in [4.78, 5) is 4.22. The van der Waals surface area contributed by atoms with Crippen molar-refractivity contribution in [3.8, 4) is 0 Å². The van der Waals surface area contributed by atoms with Crippen molar-refractivity contribution in [2.24, 2.45) is 10.9 Å². The van der Waals surface area contributed by atoms with Gasteiger partial charge >= 0.3 is 0 Å². The number of hydrogen-bond donors (Lipinski definition) is 2. The quantitative estimate of drug-likeness (QED) is 0.362. The molecule has 0 fully saturated rings. The molecule has 0 heterocycles. The zero-order chi connectivity index (χ0) is 14.4. The van der Waals surface area contributed by atoms with E-state index >= 15 is 0 Å². The van der Waals surface area contributed by atoms with Crippen LogP contribution in [0.4, 0.5) is 5.69 Å². The van der Waals surface area contributed by atoms with Crippen LogP contribution in [0.3, 0.4) is 0 Å². The average Bonchev–Trinajstić information content (AvgIpc) is 2.37. The number of amidine groups is 1. The maximum absolute atomic E-state index is 8.83. The van der Waals surface area contributed by atoms with Crippen molar-refractivity contribution in [2.75, 3.05) is 39.1 Å². The number of benzene rings is 1. The first-order valence-electron chi connectivity index (χ1n) is 6.09. The molecule has 6 heteroatoms. The highest BCUT2D eigenvalue weighted by Crippen LogP contribution is 2.23. The van der Waals surface area contributed by atoms with Crippen molar-refractivity contribution < 1.29 is 5.21 Å². The van der Waals surface area contributed by atoms with Crippen LogP contribution < -0.4 is 10.6 Å². The molecular formula is C13H21ClN4O. The molecule has 0 aromatic heterocycles. The second-order valence-corrected chi connectivity index (χ2v) is 5.16. The third kappa shape index (κ3) is 4.61. The molecule has 0 spiro atoms. The summed E-state index contributed by atoms with van der Waals surface area (Å²) in [5, 5.41) is 12.4. The zero-order valence-corrected chi connectivity index (χ0v) is 12.4. The number of hydrogen-bond acceptors (Lipinski definition) is 4. The van der Waals surface area contributed by atoms with Gasteiger partial charge in [-0.05, 0) is 45.3 Å². The summed E-state index contributed by atoms with van der Waals surface area (Å²) in [6.45, 7) is 1.89. The lowest BCUT2D eigenvalue weighted by Crippen LogP contribution is -2.26. The normalized spacial score (nSPS) is 11.9. The van der Waals surface area contributed by atoms with Gasteiger partial charge in [0.2, 0.25) is 0 Å². The van der Waals surface area contributed by atoms with Gasteiger partial charge in [0.15, 0.2) is 5.84 Å². The fraction of sp³-hybridized carbons (Fsp3) is 0.462. The monoisotopic (exact) mass is 284 g/mol. The van der Waals surface area contributed by atoms with Gasteiger partial charge in [-0.1, -0.05) is 16.8 Å². The van der Waals surface area contributed by atoms with E-state index in [9.17, 15) is 0 Å². The van der Waals surface area contributed by atoms with Crippen molar-refractivity contribution in [1.29, 1.82) is 0 Å². The van der Waals surface area contributed by atoms with Gasteiger partial charge in [-0.2, -0.15) is 0 Å². The highest BCUT2D eigenvalue weighted by molar-refractivity contribution is 6.31. The summed E-state index contributed by atoms with van der Waals surface area (Å²) >= 11 is 5.95. The highest BCUT2D eigenvalue weighted by atomic mass is 35.5. The summed E-state index contributed by atoms with van der Waals surface area (Å²) in [7, 11) is 6.07. The van der Waals surface area contributed by atoms with Gasteiger partial charge in [0.25, 0.3) is 0 Å². The Bertz CT molecular complexity index is 448. The summed E-state index contributed by atoms with van der Waals surface area (Å²) in [6.07, 6.45) is 1.03. The topological polar surface area (TPSA) is 65.1 Å². The fourth-order valence-electron chi connectivity index (χ4n) is 1.84. The van der Waals surface area contributed by atoms with Gasteiger partial charge in [-0.25, -0.2) is 0 Å². The molecule has 0 radical (unpaired) electrons. The van der Waals surface area contributed by atoms with E-state index in [0.717, 1.165) is 25.2 Å². The molecule has 0 atom stereocenters. The van der Waals surface area contributed by atoms with E-state index in [-0.39, 0.29) is 5.84 Å². The van der Waals surface area contributed by atoms with E-state index < -0.39 is 0 Å². The summed E-state index contributed by atoms with van der Waals surface area (Å²) in [6, 6.07) is 5.38. The second kappa shape index (κ2) is 7.21. The summed E-state index contributed by atoms with van der Waals surface area (Å²) in [5.74, 6) is 0.0666. The van der Waals surface area contributed by atoms with E-state index in [0.29, 0.717) is 10.6 Å². The Morgan fingerprint density at radius 2 is 2.00 bits per heavy atom. The van der Waals surface area contributed by atoms with E-state index in [1.165, 1.54) is 0 Å². The number of anilines is 1. The van der Waals surface area contributed by atoms with Crippen LogP contribution in [0.15, 0.2) is 23.4 Å². The molecule has 0 bridgehead atoms. The molecule has 5 nitrogen and oxygen atoms in total. The molecule has 1 rings (SSSR count). The lowest BCUT2D eigenvalue weighted by Gasteiger charge is -2.23. The number of rotatable bonds is 6. The van der Waals surface area contributed by atoms with Gasteiger partial charge in [0, 0.05) is 29.9 Å². The molecule has 0 aliphatic rings. The van der Waals surface area contributed by atoms with Gasteiger partial charge in [-0.15, -0.1) is 0 Å². The molecule has 3 N–H and O–H groups in total. The minimum absolute atomic E-state index is 0.0666. The molecule has 0 aliphatic heterocycles. The molecule has 0 unspecified atom stereocenters. The molecule has 0 saturated carbocycles. The van der Waals surface area contributed by atoms with Crippen LogP contribution in [0.1, 0.15) is 12.0 Å². The van der Waals surface area contributed by atoms with Crippen LogP contribution in [-0.2, 0) is 0 Å². The zero-order valence-electron chi connectivity index (χ0n) is 11.6. The molecule has 1 aromatic carbocycles. The van der Waals surface area contributed by atoms with Crippen molar-refractivity contribution >= 4 is 23.1 Å². The molecule has 0 aliphatic carbocycles. The third-order valence-electron chi connectivity index (χ3n) is 2.85. The molecule has 1 aromatic rings. The second-order valence-electron chi connectivity index (χ2n) is 4.73. The SMILES string of the molecule is CN(C)CCCN(C)c1ccc(Cl)cc1C(N)=NO. The first kappa shape index (κ1) is 15.6. The average molecular weight is 285 g/mol. The lowest BCUT2D eigenvalue weighted by molar-refractivity contribution is 0.318. The Balaban J connectivity index is 2.87. The van der Waals surface area contributed by atoms with Gasteiger partial charge in [0.1, 0.15) is 0 Å². The van der Waals surface area contributed by atoms with Gasteiger partial charge < -0.3 is 20.7 Å². The van der Waals surface area contributed by atoms with E-state index in [2.05, 4.69) is 15.0 Å². The Morgan fingerprint density at radius 1 is 1.32 bits per heavy atom. The number of oxime groups is 1. The maximum Gasteiger partial charge on any atom is 0.172 e. The van der Waals surface area contributed by atoms with E-state index in [1.807, 2.05) is 27.2 Å². The summed E-state index contributed by atoms with van der Waals surface area (Å²) < 4.78 is 0. The lowest BCUT2D eigenvalue weighted by atomic mass is 10.1. The minimum Gasteiger partial charge on any atom is -0.409 e. The van der Waals surface area contributed by atoms with Gasteiger partial charge in [-0.3, -0.25) is 0 Å². The highest BCUT2D eigenvalue weighted by Gasteiger charge is 2.11. The number of nitrogens with zero attached hydrogens (tertiary/aromatic N) is 3. The molecule has 19 heavy (non-hydrogen) atoms. The first-order valence-corrected chi connectivity index (χ1v) is 6.46. The predicted octanol–water partition coefficient (Wildman–Crippen LogP) is 1.82. The Hall–Kier alpha value is -1.46. The minimum atomic E-state index is 0.0666. The number of nitrogens with two attached hydrogens (primary N) is 1. The number of halogens is 1. The van der Waals surface area contributed by atoms with Crippen LogP contribution in [0.5, 0.6) is 0 Å². The maximum atomic E-state index is 8.83. The van der Waals surface area contributed by atoms with E-state index in [4.69, 9.17) is 22.5 Å². The molecule has 106 valence electrons. The molecule has 0 saturated heterocycles. The summed E-state index contributed by atoms with van der Waals surface area (Å²) in [5.41, 5.74) is 7.23. The smallest absolute Gasteiger partial charge is 0.172 e. The largest absolute Gasteiger partial charge is 0.409 e. The third-order valence-corrected chi connectivity index (χ3v) is 3.09. The Kier molecular flexibility index (Phi) is 5.92. The first-order chi connectivity index (χ1) is 8.95. The molecular weight excluding hydrogens is 264 g/mol. The van der Waals surface area contributed by atoms with Crippen LogP contribution in [0.2, 0.25) is 5.02 Å². The fourth-order valence-corrected chi connectivity index (χ4v) is 2.02. The molecule has 0 amide bonds. The van der Waals surface area contributed by atoms with Crippen molar-refractivity contribution in [3.63, 3.8) is 0 Å². The van der Waals surface area contributed by atoms with Crippen LogP contribution in [-0.4, -0.2) is 50.2 Å². The Labute approximate surface area is 119 Å².